The molecule has 0 radical (unpaired) electrons. The van der Waals surface area contributed by atoms with Crippen LogP contribution < -0.4 is 0 Å². The van der Waals surface area contributed by atoms with Gasteiger partial charge in [-0.2, -0.15) is 0 Å². The van der Waals surface area contributed by atoms with Crippen LogP contribution in [0.3, 0.4) is 0 Å². The van der Waals surface area contributed by atoms with Crippen LogP contribution in [0.2, 0.25) is 0 Å². The first-order valence-corrected chi connectivity index (χ1v) is 9.83. The van der Waals surface area contributed by atoms with E-state index < -0.39 is 0 Å². The normalized spacial score (nSPS) is 17.7. The Morgan fingerprint density at radius 1 is 1.12 bits per heavy atom. The zero-order chi connectivity index (χ0) is 18.5. The van der Waals surface area contributed by atoms with Crippen molar-refractivity contribution in [2.75, 3.05) is 13.1 Å². The lowest BCUT2D eigenvalue weighted by molar-refractivity contribution is 0.282. The monoisotopic (exact) mass is 366 g/mol. The van der Waals surface area contributed by atoms with Gasteiger partial charge in [0.15, 0.2) is 5.17 Å². The molecule has 2 aromatic carbocycles. The lowest BCUT2D eigenvalue weighted by Crippen LogP contribution is -2.28. The Balaban J connectivity index is 1.83. The highest BCUT2D eigenvalue weighted by molar-refractivity contribution is 8.17. The summed E-state index contributed by atoms with van der Waals surface area (Å²) in [6.07, 6.45) is 2.22. The first kappa shape index (κ1) is 18.7. The highest BCUT2D eigenvalue weighted by Gasteiger charge is 2.24. The fourth-order valence-corrected chi connectivity index (χ4v) is 3.93. The van der Waals surface area contributed by atoms with Crippen LogP contribution in [0.15, 0.2) is 58.4 Å². The topological polar surface area (TPSA) is 35.8 Å². The van der Waals surface area contributed by atoms with E-state index in [0.717, 1.165) is 35.1 Å². The fraction of sp³-hybridized carbons (Fsp3) is 0.318. The third kappa shape index (κ3) is 4.99. The second-order valence-corrected chi connectivity index (χ2v) is 8.21. The number of hydrogen-bond donors (Lipinski definition) is 1. The quantitative estimate of drug-likeness (QED) is 0.788. The van der Waals surface area contributed by atoms with E-state index in [0.29, 0.717) is 5.92 Å². The number of aryl methyl sites for hydroxylation is 1. The third-order valence-electron chi connectivity index (χ3n) is 4.17. The summed E-state index contributed by atoms with van der Waals surface area (Å²) < 4.78 is 0. The van der Waals surface area contributed by atoms with E-state index in [1.807, 2.05) is 12.1 Å². The van der Waals surface area contributed by atoms with E-state index in [2.05, 4.69) is 68.1 Å². The molecule has 0 aromatic heterocycles. The van der Waals surface area contributed by atoms with Gasteiger partial charge >= 0.3 is 0 Å². The van der Waals surface area contributed by atoms with Crippen LogP contribution in [-0.2, 0) is 6.61 Å². The molecule has 0 saturated carbocycles. The van der Waals surface area contributed by atoms with Crippen LogP contribution in [0, 0.1) is 12.8 Å². The number of hydrogen-bond acceptors (Lipinski definition) is 3. The molecule has 1 N–H and O–H groups in total. The van der Waals surface area contributed by atoms with Gasteiger partial charge in [0.1, 0.15) is 0 Å². The van der Waals surface area contributed by atoms with E-state index in [4.69, 9.17) is 4.99 Å². The lowest BCUT2D eigenvalue weighted by Gasteiger charge is -2.19. The summed E-state index contributed by atoms with van der Waals surface area (Å²) in [6.45, 7) is 8.55. The number of nitrogens with zero attached hydrogens (tertiary/aromatic N) is 2. The van der Waals surface area contributed by atoms with E-state index in [-0.39, 0.29) is 6.61 Å². The number of rotatable bonds is 5. The number of aliphatic hydroxyl groups is 1. The van der Waals surface area contributed by atoms with Crippen molar-refractivity contribution in [2.45, 2.75) is 27.4 Å². The molecule has 4 heteroatoms. The maximum atomic E-state index is 9.18. The van der Waals surface area contributed by atoms with Crippen molar-refractivity contribution in [1.82, 2.24) is 4.90 Å². The molecule has 0 bridgehead atoms. The highest BCUT2D eigenvalue weighted by Crippen LogP contribution is 2.33. The molecule has 1 aliphatic rings. The fourth-order valence-electron chi connectivity index (χ4n) is 2.86. The predicted molar refractivity (Wildman–Crippen MR) is 113 cm³/mol. The number of thioether (sulfide) groups is 1. The van der Waals surface area contributed by atoms with Crippen molar-refractivity contribution in [3.63, 3.8) is 0 Å². The van der Waals surface area contributed by atoms with Crippen molar-refractivity contribution in [1.29, 1.82) is 0 Å². The largest absolute Gasteiger partial charge is 0.392 e. The van der Waals surface area contributed by atoms with E-state index in [1.165, 1.54) is 10.5 Å². The van der Waals surface area contributed by atoms with Gasteiger partial charge in [0, 0.05) is 11.4 Å². The molecular weight excluding hydrogens is 340 g/mol. The van der Waals surface area contributed by atoms with Crippen LogP contribution >= 0.6 is 11.8 Å². The molecule has 1 saturated heterocycles. The summed E-state index contributed by atoms with van der Waals surface area (Å²) in [7, 11) is 0. The molecule has 0 amide bonds. The molecule has 2 aromatic rings. The molecule has 136 valence electrons. The first-order valence-electron chi connectivity index (χ1n) is 9.02. The van der Waals surface area contributed by atoms with Gasteiger partial charge in [-0.1, -0.05) is 67.6 Å². The maximum absolute atomic E-state index is 9.18. The lowest BCUT2D eigenvalue weighted by atomic mass is 10.1. The van der Waals surface area contributed by atoms with Crippen molar-refractivity contribution < 1.29 is 5.11 Å². The zero-order valence-electron chi connectivity index (χ0n) is 15.6. The average molecular weight is 367 g/mol. The van der Waals surface area contributed by atoms with Gasteiger partial charge in [-0.15, -0.1) is 0 Å². The smallest absolute Gasteiger partial charge is 0.169 e. The van der Waals surface area contributed by atoms with Gasteiger partial charge in [0.2, 0.25) is 0 Å². The van der Waals surface area contributed by atoms with Gasteiger partial charge < -0.3 is 10.0 Å². The van der Waals surface area contributed by atoms with Crippen LogP contribution in [0.5, 0.6) is 0 Å². The Bertz CT molecular complexity index is 792. The summed E-state index contributed by atoms with van der Waals surface area (Å²) in [4.78, 5) is 8.55. The van der Waals surface area contributed by atoms with Crippen molar-refractivity contribution in [3.8, 4) is 0 Å². The summed E-state index contributed by atoms with van der Waals surface area (Å²) in [5.41, 5.74) is 4.35. The summed E-state index contributed by atoms with van der Waals surface area (Å²) in [5.74, 6) is 0.585. The molecule has 3 rings (SSSR count). The van der Waals surface area contributed by atoms with Crippen molar-refractivity contribution in [2.24, 2.45) is 10.9 Å². The number of aliphatic imine (C=N–C) groups is 1. The Morgan fingerprint density at radius 2 is 1.81 bits per heavy atom. The molecule has 26 heavy (non-hydrogen) atoms. The Hall–Kier alpha value is -2.04. The van der Waals surface area contributed by atoms with Crippen LogP contribution in [-0.4, -0.2) is 28.3 Å². The minimum absolute atomic E-state index is 0.0844. The van der Waals surface area contributed by atoms with Gasteiger partial charge in [0.05, 0.1) is 18.8 Å². The Morgan fingerprint density at radius 3 is 2.42 bits per heavy atom. The van der Waals surface area contributed by atoms with Gasteiger partial charge in [0.25, 0.3) is 0 Å². The molecular formula is C22H26N2OS. The number of benzene rings is 2. The van der Waals surface area contributed by atoms with E-state index >= 15 is 0 Å². The van der Waals surface area contributed by atoms with Gasteiger partial charge in [-0.25, -0.2) is 4.99 Å². The van der Waals surface area contributed by atoms with Crippen molar-refractivity contribution in [3.05, 3.63) is 70.1 Å². The van der Waals surface area contributed by atoms with Gasteiger partial charge in [-0.3, -0.25) is 0 Å². The molecule has 3 nitrogen and oxygen atoms in total. The highest BCUT2D eigenvalue weighted by atomic mass is 32.2. The molecule has 0 spiro atoms. The van der Waals surface area contributed by atoms with Crippen LogP contribution in [0.1, 0.15) is 30.5 Å². The standard InChI is InChI=1S/C22H26N2OS/c1-16(2)13-24-14-21(12-18-6-8-19(15-25)9-7-18)26-22(24)23-20-10-4-17(3)5-11-20/h4-12,16,25H,13-15H2,1-3H3/b21-12-,23-22-. The molecule has 0 unspecified atom stereocenters. The van der Waals surface area contributed by atoms with Crippen LogP contribution in [0.25, 0.3) is 6.08 Å². The van der Waals surface area contributed by atoms with Crippen LogP contribution in [0.4, 0.5) is 5.69 Å². The average Bonchev–Trinajstić information content (AvgIpc) is 2.98. The predicted octanol–water partition coefficient (Wildman–Crippen LogP) is 5.22. The zero-order valence-corrected chi connectivity index (χ0v) is 16.5. The summed E-state index contributed by atoms with van der Waals surface area (Å²) in [5, 5.41) is 10.3. The molecule has 0 aliphatic carbocycles. The second-order valence-electron chi connectivity index (χ2n) is 7.12. The number of amidine groups is 1. The molecule has 1 heterocycles. The maximum Gasteiger partial charge on any atom is 0.169 e. The summed E-state index contributed by atoms with van der Waals surface area (Å²) in [6, 6.07) is 16.4. The Kier molecular flexibility index (Phi) is 6.17. The first-order chi connectivity index (χ1) is 12.5. The molecule has 0 atom stereocenters. The minimum Gasteiger partial charge on any atom is -0.392 e. The SMILES string of the molecule is Cc1ccc(/N=C2\S/C(=C\c3ccc(CO)cc3)CN2CC(C)C)cc1. The van der Waals surface area contributed by atoms with E-state index in [9.17, 15) is 5.11 Å². The van der Waals surface area contributed by atoms with Crippen molar-refractivity contribution >= 4 is 28.7 Å². The molecule has 1 aliphatic heterocycles. The number of aliphatic hydroxyl groups excluding tert-OH is 1. The molecule has 1 fully saturated rings. The summed E-state index contributed by atoms with van der Waals surface area (Å²) >= 11 is 1.75. The minimum atomic E-state index is 0.0844. The Labute approximate surface area is 160 Å². The third-order valence-corrected chi connectivity index (χ3v) is 5.21. The second kappa shape index (κ2) is 8.56. The van der Waals surface area contributed by atoms with Gasteiger partial charge in [-0.05, 0) is 42.2 Å². The van der Waals surface area contributed by atoms with E-state index in [1.54, 1.807) is 11.8 Å².